The second-order valence-electron chi connectivity index (χ2n) is 12.5. The van der Waals surface area contributed by atoms with Crippen LogP contribution in [0.5, 0.6) is 5.75 Å². The van der Waals surface area contributed by atoms with E-state index in [2.05, 4.69) is 72.4 Å². The van der Waals surface area contributed by atoms with Gasteiger partial charge < -0.3 is 10.1 Å². The number of amides is 1. The summed E-state index contributed by atoms with van der Waals surface area (Å²) in [5.41, 5.74) is 6.54. The van der Waals surface area contributed by atoms with Crippen molar-refractivity contribution in [2.24, 2.45) is 11.8 Å². The zero-order chi connectivity index (χ0) is 26.5. The molecule has 38 heavy (non-hydrogen) atoms. The molecule has 7 heteroatoms. The third-order valence-corrected chi connectivity index (χ3v) is 9.58. The van der Waals surface area contributed by atoms with E-state index >= 15 is 0 Å². The van der Waals surface area contributed by atoms with Crippen molar-refractivity contribution in [1.29, 1.82) is 0 Å². The zero-order valence-corrected chi connectivity index (χ0v) is 23.7. The second-order valence-corrected chi connectivity index (χ2v) is 13.4. The van der Waals surface area contributed by atoms with Gasteiger partial charge in [-0.2, -0.15) is 0 Å². The summed E-state index contributed by atoms with van der Waals surface area (Å²) in [5.74, 6) is 1.98. The number of carbonyl (C=O) groups is 1. The van der Waals surface area contributed by atoms with Gasteiger partial charge in [0.1, 0.15) is 16.3 Å². The molecule has 2 aromatic carbocycles. The van der Waals surface area contributed by atoms with Crippen molar-refractivity contribution < 1.29 is 9.53 Å². The number of nitrogens with one attached hydrogen (secondary N) is 1. The van der Waals surface area contributed by atoms with Gasteiger partial charge in [-0.1, -0.05) is 45.9 Å². The second kappa shape index (κ2) is 9.76. The van der Waals surface area contributed by atoms with Crippen molar-refractivity contribution in [1.82, 2.24) is 15.1 Å². The van der Waals surface area contributed by atoms with Crippen molar-refractivity contribution in [3.63, 3.8) is 0 Å². The van der Waals surface area contributed by atoms with Gasteiger partial charge in [-0.25, -0.2) is 0 Å². The molecule has 200 valence electrons. The smallest absolute Gasteiger partial charge is 0.259 e. The summed E-state index contributed by atoms with van der Waals surface area (Å²) in [6, 6.07) is 12.6. The van der Waals surface area contributed by atoms with E-state index in [0.717, 1.165) is 60.4 Å². The van der Waals surface area contributed by atoms with Crippen molar-refractivity contribution in [2.45, 2.75) is 70.8 Å². The minimum absolute atomic E-state index is 0.110. The van der Waals surface area contributed by atoms with Crippen LogP contribution in [0, 0.1) is 11.8 Å². The molecular formula is C31H38N4O2S. The van der Waals surface area contributed by atoms with E-state index in [4.69, 9.17) is 4.74 Å². The van der Waals surface area contributed by atoms with Gasteiger partial charge in [0.25, 0.3) is 5.91 Å². The first-order valence-electron chi connectivity index (χ1n) is 13.9. The number of rotatable bonds is 6. The van der Waals surface area contributed by atoms with Crippen LogP contribution in [0.15, 0.2) is 41.9 Å². The Balaban J connectivity index is 1.29. The Bertz CT molecular complexity index is 1330. The van der Waals surface area contributed by atoms with E-state index in [9.17, 15) is 4.79 Å². The number of nitrogens with zero attached hydrogens (tertiary/aromatic N) is 3. The normalized spacial score (nSPS) is 26.3. The number of ether oxygens (including phenoxy) is 1. The van der Waals surface area contributed by atoms with Crippen LogP contribution in [0.3, 0.4) is 0 Å². The summed E-state index contributed by atoms with van der Waals surface area (Å²) in [7, 11) is 0. The molecule has 2 aliphatic heterocycles. The van der Waals surface area contributed by atoms with Gasteiger partial charge in [-0.05, 0) is 73.4 Å². The maximum Gasteiger partial charge on any atom is 0.259 e. The molecule has 1 aliphatic carbocycles. The van der Waals surface area contributed by atoms with Gasteiger partial charge in [0, 0.05) is 35.2 Å². The molecule has 3 heterocycles. The number of carbonyl (C=O) groups excluding carboxylic acids is 1. The Morgan fingerprint density at radius 3 is 2.76 bits per heavy atom. The monoisotopic (exact) mass is 530 g/mol. The minimum atomic E-state index is -0.121. The van der Waals surface area contributed by atoms with E-state index < -0.39 is 0 Å². The molecule has 1 amide bonds. The molecule has 1 aromatic heterocycles. The van der Waals surface area contributed by atoms with Gasteiger partial charge in [-0.3, -0.25) is 9.69 Å². The maximum absolute atomic E-state index is 13.8. The molecule has 1 saturated heterocycles. The van der Waals surface area contributed by atoms with E-state index in [1.54, 1.807) is 11.3 Å². The lowest BCUT2D eigenvalue weighted by atomic mass is 9.59. The predicted molar refractivity (Wildman–Crippen MR) is 152 cm³/mol. The Hall–Kier alpha value is -2.77. The van der Waals surface area contributed by atoms with Gasteiger partial charge >= 0.3 is 0 Å². The van der Waals surface area contributed by atoms with E-state index in [1.165, 1.54) is 24.0 Å². The summed E-state index contributed by atoms with van der Waals surface area (Å²) in [5, 5.41) is 12.8. The largest absolute Gasteiger partial charge is 0.492 e. The lowest BCUT2D eigenvalue weighted by molar-refractivity contribution is 0.102. The summed E-state index contributed by atoms with van der Waals surface area (Å²) < 4.78 is 6.14. The number of aromatic nitrogens is 2. The highest BCUT2D eigenvalue weighted by Gasteiger charge is 2.47. The lowest BCUT2D eigenvalue weighted by Gasteiger charge is -2.45. The summed E-state index contributed by atoms with van der Waals surface area (Å²) >= 11 is 1.62. The fourth-order valence-corrected chi connectivity index (χ4v) is 7.56. The highest BCUT2D eigenvalue weighted by molar-refractivity contribution is 7.09. The molecule has 0 spiro atoms. The van der Waals surface area contributed by atoms with Crippen molar-refractivity contribution in [3.8, 4) is 5.75 Å². The summed E-state index contributed by atoms with van der Waals surface area (Å²) in [6.45, 7) is 12.7. The number of anilines is 1. The molecule has 1 saturated carbocycles. The lowest BCUT2D eigenvalue weighted by Crippen LogP contribution is -2.41. The predicted octanol–water partition coefficient (Wildman–Crippen LogP) is 6.41. The third-order valence-electron chi connectivity index (χ3n) is 8.68. The first kappa shape index (κ1) is 25.5. The first-order valence-corrected chi connectivity index (χ1v) is 14.8. The molecule has 1 N–H and O–H groups in total. The van der Waals surface area contributed by atoms with E-state index in [1.807, 2.05) is 17.6 Å². The van der Waals surface area contributed by atoms with Crippen LogP contribution in [0.25, 0.3) is 0 Å². The van der Waals surface area contributed by atoms with Crippen LogP contribution in [-0.2, 0) is 17.4 Å². The average Bonchev–Trinajstić information content (AvgIpc) is 3.50. The number of likely N-dealkylation sites (tertiary alicyclic amines) is 1. The topological polar surface area (TPSA) is 67.4 Å². The molecule has 0 unspecified atom stereocenters. The standard InChI is InChI=1S/C31H38N4O2S/c1-20-7-6-10-35(16-20)17-22-11-25(27-26(12-22)30(3,4)18-37-27)28(36)33-24-9-5-8-23(13-24)31(14-21(2)15-31)29-34-32-19-38-29/h5,8-9,11-13,19-21H,6-7,10,14-18H2,1-4H3,(H,33,36)/t20-,21?,31?/m0/s1. The molecule has 1 atom stereocenters. The Labute approximate surface area is 229 Å². The minimum Gasteiger partial charge on any atom is -0.492 e. The van der Waals surface area contributed by atoms with Crippen LogP contribution < -0.4 is 10.1 Å². The van der Waals surface area contributed by atoms with Gasteiger partial charge in [0.2, 0.25) is 0 Å². The van der Waals surface area contributed by atoms with E-state index in [0.29, 0.717) is 18.1 Å². The fourth-order valence-electron chi connectivity index (χ4n) is 6.76. The number of hydrogen-bond acceptors (Lipinski definition) is 6. The summed E-state index contributed by atoms with van der Waals surface area (Å²) in [6.07, 6.45) is 4.63. The first-order chi connectivity index (χ1) is 18.2. The van der Waals surface area contributed by atoms with Crippen molar-refractivity contribution in [3.05, 3.63) is 69.2 Å². The summed E-state index contributed by atoms with van der Waals surface area (Å²) in [4.78, 5) is 16.3. The quantitative estimate of drug-likeness (QED) is 0.399. The highest BCUT2D eigenvalue weighted by Crippen LogP contribution is 2.53. The van der Waals surface area contributed by atoms with Crippen molar-refractivity contribution >= 4 is 22.9 Å². The molecule has 6 nitrogen and oxygen atoms in total. The van der Waals surface area contributed by atoms with Crippen LogP contribution >= 0.6 is 11.3 Å². The molecule has 3 aliphatic rings. The SMILES string of the molecule is CC1CC(c2cccc(NC(=O)c3cc(CN4CCC[C@H](C)C4)cc4c3OCC4(C)C)c2)(c2nncs2)C1. The Morgan fingerprint density at radius 2 is 2.03 bits per heavy atom. The van der Waals surface area contributed by atoms with Crippen LogP contribution in [0.1, 0.15) is 85.4 Å². The fraction of sp³-hybridized carbons (Fsp3) is 0.516. The highest BCUT2D eigenvalue weighted by atomic mass is 32.1. The molecule has 0 bridgehead atoms. The van der Waals surface area contributed by atoms with Crippen LogP contribution in [0.4, 0.5) is 5.69 Å². The molecule has 6 rings (SSSR count). The number of hydrogen-bond donors (Lipinski definition) is 1. The Kier molecular flexibility index (Phi) is 6.55. The molecular weight excluding hydrogens is 492 g/mol. The average molecular weight is 531 g/mol. The number of piperidine rings is 1. The van der Waals surface area contributed by atoms with Crippen LogP contribution in [0.2, 0.25) is 0 Å². The third kappa shape index (κ3) is 4.64. The Morgan fingerprint density at radius 1 is 1.18 bits per heavy atom. The molecule has 0 radical (unpaired) electrons. The maximum atomic E-state index is 13.8. The molecule has 2 fully saturated rings. The molecule has 3 aromatic rings. The van der Waals surface area contributed by atoms with Crippen LogP contribution in [-0.4, -0.2) is 40.7 Å². The van der Waals surface area contributed by atoms with E-state index in [-0.39, 0.29) is 16.7 Å². The zero-order valence-electron chi connectivity index (χ0n) is 22.9. The number of benzene rings is 2. The number of fused-ring (bicyclic) bond motifs is 1. The van der Waals surface area contributed by atoms with Gasteiger partial charge in [0.15, 0.2) is 0 Å². The van der Waals surface area contributed by atoms with Gasteiger partial charge in [-0.15, -0.1) is 21.5 Å². The van der Waals surface area contributed by atoms with Crippen molar-refractivity contribution in [2.75, 3.05) is 25.0 Å². The van der Waals surface area contributed by atoms with Gasteiger partial charge in [0.05, 0.1) is 12.2 Å².